The Bertz CT molecular complexity index is 1830. The summed E-state index contributed by atoms with van der Waals surface area (Å²) in [6.07, 6.45) is -7.27. The van der Waals surface area contributed by atoms with Crippen LogP contribution in [-0.4, -0.2) is 85.5 Å². The summed E-state index contributed by atoms with van der Waals surface area (Å²) in [5, 5.41) is 10.0. The summed E-state index contributed by atoms with van der Waals surface area (Å²) in [4.78, 5) is 73.8. The number of fused-ring (bicyclic) bond motifs is 2. The van der Waals surface area contributed by atoms with Crippen LogP contribution in [-0.2, 0) is 42.9 Å². The standard InChI is InChI=1S/C32H30O16/c1-14(33)42-13-24-27(43-15(2)34)29(44-16(3)35)30(45-17(4)36)32(48-24)46-19-6-7-20-22(12-19)47-28(31(38)39)25(26(20)37)18-5-8-21-23(11-18)41-10-9-40-21/h5-8,11-12,24,27,29-30,32H,9-10,13H2,1-4H3,(H,38,39)/t24-,27+,29+,30+,32-/m1/s1. The first-order chi connectivity index (χ1) is 22.8. The number of hydrogen-bond donors (Lipinski definition) is 1. The van der Waals surface area contributed by atoms with Gasteiger partial charge >= 0.3 is 29.8 Å². The van der Waals surface area contributed by atoms with Crippen LogP contribution < -0.4 is 19.6 Å². The lowest BCUT2D eigenvalue weighted by Crippen LogP contribution is -2.63. The quantitative estimate of drug-likeness (QED) is 0.256. The number of aromatic carboxylic acids is 1. The van der Waals surface area contributed by atoms with Crippen LogP contribution in [0.4, 0.5) is 0 Å². The molecular formula is C32H30O16. The summed E-state index contributed by atoms with van der Waals surface area (Å²) >= 11 is 0. The molecule has 16 nitrogen and oxygen atoms in total. The molecule has 2 aliphatic rings. The lowest BCUT2D eigenvalue weighted by molar-refractivity contribution is -0.288. The zero-order valence-electron chi connectivity index (χ0n) is 26.0. The van der Waals surface area contributed by atoms with E-state index in [0.717, 1.165) is 27.7 Å². The molecule has 0 radical (unpaired) electrons. The molecule has 1 fully saturated rings. The van der Waals surface area contributed by atoms with Crippen molar-refractivity contribution in [1.29, 1.82) is 0 Å². The van der Waals surface area contributed by atoms with Crippen LogP contribution in [0, 0.1) is 0 Å². The van der Waals surface area contributed by atoms with E-state index in [-0.39, 0.29) is 34.5 Å². The Kier molecular flexibility index (Phi) is 9.84. The van der Waals surface area contributed by atoms with Crippen molar-refractivity contribution in [1.82, 2.24) is 0 Å². The first kappa shape index (κ1) is 33.7. The molecule has 3 aromatic rings. The maximum absolute atomic E-state index is 13.7. The summed E-state index contributed by atoms with van der Waals surface area (Å²) in [6.45, 7) is 4.51. The number of carboxylic acids is 1. The monoisotopic (exact) mass is 670 g/mol. The Morgan fingerprint density at radius 2 is 1.44 bits per heavy atom. The molecule has 0 amide bonds. The molecule has 0 unspecified atom stereocenters. The predicted octanol–water partition coefficient (Wildman–Crippen LogP) is 2.39. The molecule has 0 spiro atoms. The minimum Gasteiger partial charge on any atom is -0.486 e. The number of benzene rings is 2. The van der Waals surface area contributed by atoms with E-state index in [9.17, 15) is 33.9 Å². The number of hydrogen-bond acceptors (Lipinski definition) is 15. The van der Waals surface area contributed by atoms with Crippen molar-refractivity contribution >= 4 is 40.8 Å². The van der Waals surface area contributed by atoms with Crippen molar-refractivity contribution in [3.63, 3.8) is 0 Å². The van der Waals surface area contributed by atoms with Crippen molar-refractivity contribution < 1.29 is 71.4 Å². The summed E-state index contributed by atoms with van der Waals surface area (Å²) in [5.41, 5.74) is -0.837. The normalized spacial score (nSPS) is 21.5. The van der Waals surface area contributed by atoms with Crippen LogP contribution >= 0.6 is 0 Å². The van der Waals surface area contributed by atoms with Gasteiger partial charge in [-0.05, 0) is 29.8 Å². The van der Waals surface area contributed by atoms with Gasteiger partial charge in [0, 0.05) is 33.8 Å². The molecule has 1 saturated heterocycles. The van der Waals surface area contributed by atoms with Crippen molar-refractivity contribution in [2.45, 2.75) is 58.4 Å². The maximum atomic E-state index is 13.7. The molecule has 5 rings (SSSR count). The van der Waals surface area contributed by atoms with Crippen molar-refractivity contribution in [2.75, 3.05) is 19.8 Å². The SMILES string of the molecule is CC(=O)OC[C@H]1O[C@@H](Oc2ccc3c(=O)c(-c4ccc5c(c4)OCCO5)c(C(=O)O)oc3c2)[C@@H](OC(C)=O)[C@@H](OC(C)=O)[C@H]1OC(C)=O. The van der Waals surface area contributed by atoms with Gasteiger partial charge in [0.15, 0.2) is 23.7 Å². The van der Waals surface area contributed by atoms with E-state index in [1.807, 2.05) is 0 Å². The van der Waals surface area contributed by atoms with Gasteiger partial charge in [-0.2, -0.15) is 0 Å². The van der Waals surface area contributed by atoms with E-state index in [1.54, 1.807) is 6.07 Å². The zero-order chi connectivity index (χ0) is 34.7. The van der Waals surface area contributed by atoms with E-state index >= 15 is 0 Å². The average molecular weight is 671 g/mol. The van der Waals surface area contributed by atoms with Crippen LogP contribution in [0.5, 0.6) is 17.2 Å². The molecule has 1 N–H and O–H groups in total. The number of carbonyl (C=O) groups is 5. The molecule has 16 heteroatoms. The Labute approximate surface area is 271 Å². The van der Waals surface area contributed by atoms with Crippen molar-refractivity contribution in [3.8, 4) is 28.4 Å². The largest absolute Gasteiger partial charge is 0.486 e. The Morgan fingerprint density at radius 3 is 2.08 bits per heavy atom. The highest BCUT2D eigenvalue weighted by Crippen LogP contribution is 2.36. The third-order valence-corrected chi connectivity index (χ3v) is 7.09. The molecule has 3 heterocycles. The second kappa shape index (κ2) is 14.0. The van der Waals surface area contributed by atoms with Gasteiger partial charge in [0.2, 0.25) is 23.6 Å². The van der Waals surface area contributed by atoms with E-state index in [2.05, 4.69) is 0 Å². The summed E-state index contributed by atoms with van der Waals surface area (Å²) in [7, 11) is 0. The van der Waals surface area contributed by atoms with E-state index in [4.69, 9.17) is 42.3 Å². The second-order valence-electron chi connectivity index (χ2n) is 10.6. The second-order valence-corrected chi connectivity index (χ2v) is 10.6. The van der Waals surface area contributed by atoms with E-state index < -0.39 is 78.3 Å². The number of rotatable bonds is 9. The number of ether oxygens (including phenoxy) is 8. The summed E-state index contributed by atoms with van der Waals surface area (Å²) < 4.78 is 50.0. The van der Waals surface area contributed by atoms with Gasteiger partial charge < -0.3 is 47.4 Å². The van der Waals surface area contributed by atoms with Gasteiger partial charge in [-0.15, -0.1) is 0 Å². The van der Waals surface area contributed by atoms with Gasteiger partial charge in [0.05, 0.1) is 10.9 Å². The Morgan fingerprint density at radius 1 is 0.792 bits per heavy atom. The fraction of sp³-hybridized carbons (Fsp3) is 0.375. The maximum Gasteiger partial charge on any atom is 0.372 e. The topological polar surface area (TPSA) is 210 Å². The van der Waals surface area contributed by atoms with Crippen LogP contribution in [0.3, 0.4) is 0 Å². The third kappa shape index (κ3) is 7.33. The smallest absolute Gasteiger partial charge is 0.372 e. The molecule has 2 aromatic carbocycles. The van der Waals surface area contributed by atoms with Crippen LogP contribution in [0.2, 0.25) is 0 Å². The highest BCUT2D eigenvalue weighted by Gasteiger charge is 2.53. The molecule has 0 aliphatic carbocycles. The molecule has 0 saturated carbocycles. The van der Waals surface area contributed by atoms with Gasteiger partial charge in [-0.3, -0.25) is 24.0 Å². The fourth-order valence-electron chi connectivity index (χ4n) is 5.28. The summed E-state index contributed by atoms with van der Waals surface area (Å²) in [6, 6.07) is 8.45. The van der Waals surface area contributed by atoms with Crippen LogP contribution in [0.1, 0.15) is 38.2 Å². The first-order valence-corrected chi connectivity index (χ1v) is 14.5. The molecule has 2 aliphatic heterocycles. The van der Waals surface area contributed by atoms with Crippen LogP contribution in [0.25, 0.3) is 22.1 Å². The highest BCUT2D eigenvalue weighted by molar-refractivity contribution is 5.97. The fourth-order valence-corrected chi connectivity index (χ4v) is 5.28. The van der Waals surface area contributed by atoms with E-state index in [0.29, 0.717) is 18.1 Å². The molecule has 48 heavy (non-hydrogen) atoms. The highest BCUT2D eigenvalue weighted by atomic mass is 16.7. The summed E-state index contributed by atoms with van der Waals surface area (Å²) in [5.74, 6) is -4.63. The van der Waals surface area contributed by atoms with Gasteiger partial charge in [-0.1, -0.05) is 6.07 Å². The molecular weight excluding hydrogens is 640 g/mol. The minimum absolute atomic E-state index is 0.00113. The molecule has 5 atom stereocenters. The number of carboxylic acid groups (broad SMARTS) is 1. The van der Waals surface area contributed by atoms with Crippen molar-refractivity contribution in [2.24, 2.45) is 0 Å². The number of esters is 4. The number of carbonyl (C=O) groups excluding carboxylic acids is 4. The zero-order valence-corrected chi connectivity index (χ0v) is 26.0. The lowest BCUT2D eigenvalue weighted by atomic mass is 9.98. The van der Waals surface area contributed by atoms with Crippen molar-refractivity contribution in [3.05, 3.63) is 52.4 Å². The first-order valence-electron chi connectivity index (χ1n) is 14.5. The molecule has 254 valence electrons. The Balaban J connectivity index is 1.55. The van der Waals surface area contributed by atoms with E-state index in [1.165, 1.54) is 30.3 Å². The lowest BCUT2D eigenvalue weighted by Gasteiger charge is -2.43. The van der Waals surface area contributed by atoms with Gasteiger partial charge in [0.25, 0.3) is 0 Å². The third-order valence-electron chi connectivity index (χ3n) is 7.09. The average Bonchev–Trinajstić information content (AvgIpc) is 3.01. The predicted molar refractivity (Wildman–Crippen MR) is 158 cm³/mol. The molecule has 0 bridgehead atoms. The molecule has 1 aromatic heterocycles. The Hall–Kier alpha value is -5.64. The van der Waals surface area contributed by atoms with Gasteiger partial charge in [-0.25, -0.2) is 4.79 Å². The minimum atomic E-state index is -1.58. The van der Waals surface area contributed by atoms with Gasteiger partial charge in [0.1, 0.15) is 37.3 Å². The van der Waals surface area contributed by atoms with Crippen LogP contribution in [0.15, 0.2) is 45.6 Å².